The average Bonchev–Trinajstić information content (AvgIpc) is 2.38. The maximum absolute atomic E-state index is 2.43. The molecule has 2 atom stereocenters. The van der Waals surface area contributed by atoms with E-state index in [0.29, 0.717) is 5.41 Å². The SMILES string of the molecule is CC(C)(C)C1CC2CCCCCC2C1. The van der Waals surface area contributed by atoms with Gasteiger partial charge in [0.05, 0.1) is 0 Å². The summed E-state index contributed by atoms with van der Waals surface area (Å²) in [4.78, 5) is 0. The summed E-state index contributed by atoms with van der Waals surface area (Å²) < 4.78 is 0. The van der Waals surface area contributed by atoms with Crippen molar-refractivity contribution in [3.63, 3.8) is 0 Å². The quantitative estimate of drug-likeness (QED) is 0.527. The summed E-state index contributed by atoms with van der Waals surface area (Å²) in [5.74, 6) is 3.21. The van der Waals surface area contributed by atoms with Crippen molar-refractivity contribution in [1.29, 1.82) is 0 Å². The van der Waals surface area contributed by atoms with Gasteiger partial charge in [0.15, 0.2) is 0 Å². The monoisotopic (exact) mass is 194 g/mol. The van der Waals surface area contributed by atoms with Crippen LogP contribution in [-0.4, -0.2) is 0 Å². The number of hydrogen-bond donors (Lipinski definition) is 0. The molecule has 0 radical (unpaired) electrons. The molecule has 0 bridgehead atoms. The second-order valence-corrected chi connectivity index (χ2v) is 6.69. The van der Waals surface area contributed by atoms with E-state index in [1.54, 1.807) is 0 Å². The fourth-order valence-electron chi connectivity index (χ4n) is 3.62. The molecule has 2 unspecified atom stereocenters. The van der Waals surface area contributed by atoms with E-state index < -0.39 is 0 Å². The van der Waals surface area contributed by atoms with Crippen LogP contribution < -0.4 is 0 Å². The third-order valence-corrected chi connectivity index (χ3v) is 4.72. The molecule has 0 amide bonds. The lowest BCUT2D eigenvalue weighted by Gasteiger charge is -2.27. The topological polar surface area (TPSA) is 0 Å². The van der Waals surface area contributed by atoms with Crippen molar-refractivity contribution in [2.24, 2.45) is 23.2 Å². The van der Waals surface area contributed by atoms with Crippen molar-refractivity contribution in [3.05, 3.63) is 0 Å². The first-order valence-corrected chi connectivity index (χ1v) is 6.57. The highest BCUT2D eigenvalue weighted by molar-refractivity contribution is 4.89. The lowest BCUT2D eigenvalue weighted by molar-refractivity contribution is 0.233. The van der Waals surface area contributed by atoms with Crippen molar-refractivity contribution in [1.82, 2.24) is 0 Å². The summed E-state index contributed by atoms with van der Waals surface area (Å²) in [6.07, 6.45) is 10.7. The van der Waals surface area contributed by atoms with Crippen LogP contribution in [0.25, 0.3) is 0 Å². The predicted molar refractivity (Wildman–Crippen MR) is 62.2 cm³/mol. The first-order valence-electron chi connectivity index (χ1n) is 6.57. The van der Waals surface area contributed by atoms with Gasteiger partial charge in [-0.3, -0.25) is 0 Å². The first-order chi connectivity index (χ1) is 6.57. The number of rotatable bonds is 0. The molecule has 0 aromatic carbocycles. The van der Waals surface area contributed by atoms with Crippen LogP contribution in [0.1, 0.15) is 65.7 Å². The molecule has 2 saturated carbocycles. The maximum Gasteiger partial charge on any atom is -0.0354 e. The highest BCUT2D eigenvalue weighted by Crippen LogP contribution is 2.49. The second-order valence-electron chi connectivity index (χ2n) is 6.69. The van der Waals surface area contributed by atoms with Crippen molar-refractivity contribution < 1.29 is 0 Å². The minimum Gasteiger partial charge on any atom is -0.0599 e. The number of fused-ring (bicyclic) bond motifs is 1. The highest BCUT2D eigenvalue weighted by atomic mass is 14.4. The fourth-order valence-corrected chi connectivity index (χ4v) is 3.62. The zero-order chi connectivity index (χ0) is 10.2. The van der Waals surface area contributed by atoms with Crippen LogP contribution in [0.15, 0.2) is 0 Å². The maximum atomic E-state index is 2.43. The van der Waals surface area contributed by atoms with Gasteiger partial charge in [-0.1, -0.05) is 52.9 Å². The van der Waals surface area contributed by atoms with Crippen molar-refractivity contribution >= 4 is 0 Å². The Labute approximate surface area is 89.5 Å². The molecule has 0 aromatic rings. The molecule has 0 aliphatic heterocycles. The minimum absolute atomic E-state index is 0.562. The summed E-state index contributed by atoms with van der Waals surface area (Å²) in [7, 11) is 0. The van der Waals surface area contributed by atoms with E-state index in [1.165, 1.54) is 44.9 Å². The predicted octanol–water partition coefficient (Wildman–Crippen LogP) is 4.64. The van der Waals surface area contributed by atoms with Gasteiger partial charge in [0, 0.05) is 0 Å². The molecule has 0 heterocycles. The van der Waals surface area contributed by atoms with Crippen LogP contribution in [0, 0.1) is 23.2 Å². The summed E-state index contributed by atoms with van der Waals surface area (Å²) in [5, 5.41) is 0. The molecule has 0 nitrogen and oxygen atoms in total. The number of hydrogen-bond acceptors (Lipinski definition) is 0. The van der Waals surface area contributed by atoms with Crippen LogP contribution in [0.3, 0.4) is 0 Å². The lowest BCUT2D eigenvalue weighted by atomic mass is 9.79. The van der Waals surface area contributed by atoms with Crippen molar-refractivity contribution in [2.45, 2.75) is 65.7 Å². The summed E-state index contributed by atoms with van der Waals surface area (Å²) >= 11 is 0. The molecular weight excluding hydrogens is 168 g/mol. The van der Waals surface area contributed by atoms with Gasteiger partial charge in [-0.05, 0) is 36.0 Å². The highest BCUT2D eigenvalue weighted by Gasteiger charge is 2.39. The molecular formula is C14H26. The Morgan fingerprint density at radius 1 is 0.786 bits per heavy atom. The van der Waals surface area contributed by atoms with Crippen LogP contribution in [0.4, 0.5) is 0 Å². The molecule has 14 heavy (non-hydrogen) atoms. The Balaban J connectivity index is 1.98. The summed E-state index contributed by atoms with van der Waals surface area (Å²) in [6.45, 7) is 7.30. The molecule has 2 fully saturated rings. The standard InChI is InChI=1S/C14H26/c1-14(2,3)13-9-11-7-5-4-6-8-12(11)10-13/h11-13H,4-10H2,1-3H3. The Hall–Kier alpha value is 0. The Bertz CT molecular complexity index is 173. The molecule has 82 valence electrons. The van der Waals surface area contributed by atoms with Crippen LogP contribution in [0.5, 0.6) is 0 Å². The molecule has 2 aliphatic rings. The van der Waals surface area contributed by atoms with Gasteiger partial charge >= 0.3 is 0 Å². The largest absolute Gasteiger partial charge is 0.0599 e. The summed E-state index contributed by atoms with van der Waals surface area (Å²) in [5.41, 5.74) is 0.562. The molecule has 0 N–H and O–H groups in total. The van der Waals surface area contributed by atoms with Crippen molar-refractivity contribution in [2.75, 3.05) is 0 Å². The van der Waals surface area contributed by atoms with Gasteiger partial charge in [0.2, 0.25) is 0 Å². The van der Waals surface area contributed by atoms with Crippen molar-refractivity contribution in [3.8, 4) is 0 Å². The molecule has 0 spiro atoms. The van der Waals surface area contributed by atoms with E-state index in [4.69, 9.17) is 0 Å². The smallest absolute Gasteiger partial charge is 0.0354 e. The normalized spacial score (nSPS) is 39.2. The van der Waals surface area contributed by atoms with Gasteiger partial charge in [0.25, 0.3) is 0 Å². The Morgan fingerprint density at radius 3 is 1.71 bits per heavy atom. The Morgan fingerprint density at radius 2 is 1.29 bits per heavy atom. The van der Waals surface area contributed by atoms with Crippen LogP contribution in [-0.2, 0) is 0 Å². The molecule has 0 aromatic heterocycles. The third kappa shape index (κ3) is 2.15. The van der Waals surface area contributed by atoms with E-state index >= 15 is 0 Å². The zero-order valence-corrected chi connectivity index (χ0v) is 10.2. The molecule has 0 saturated heterocycles. The first kappa shape index (κ1) is 10.5. The van der Waals surface area contributed by atoms with E-state index in [2.05, 4.69) is 20.8 Å². The van der Waals surface area contributed by atoms with Gasteiger partial charge in [0.1, 0.15) is 0 Å². The zero-order valence-electron chi connectivity index (χ0n) is 10.2. The minimum atomic E-state index is 0.562. The van der Waals surface area contributed by atoms with Gasteiger partial charge in [-0.25, -0.2) is 0 Å². The Kier molecular flexibility index (Phi) is 2.91. The van der Waals surface area contributed by atoms with E-state index in [0.717, 1.165) is 17.8 Å². The van der Waals surface area contributed by atoms with Gasteiger partial charge in [-0.15, -0.1) is 0 Å². The van der Waals surface area contributed by atoms with Crippen LogP contribution in [0.2, 0.25) is 0 Å². The van der Waals surface area contributed by atoms with Gasteiger partial charge in [-0.2, -0.15) is 0 Å². The van der Waals surface area contributed by atoms with E-state index in [9.17, 15) is 0 Å². The van der Waals surface area contributed by atoms with E-state index in [1.807, 2.05) is 0 Å². The molecule has 2 aliphatic carbocycles. The lowest BCUT2D eigenvalue weighted by Crippen LogP contribution is -2.17. The molecule has 0 heteroatoms. The van der Waals surface area contributed by atoms with Gasteiger partial charge < -0.3 is 0 Å². The second kappa shape index (κ2) is 3.87. The fraction of sp³-hybridized carbons (Fsp3) is 1.00. The summed E-state index contributed by atoms with van der Waals surface area (Å²) in [6, 6.07) is 0. The van der Waals surface area contributed by atoms with Crippen LogP contribution >= 0.6 is 0 Å². The molecule has 2 rings (SSSR count). The average molecular weight is 194 g/mol. The van der Waals surface area contributed by atoms with E-state index in [-0.39, 0.29) is 0 Å². The third-order valence-electron chi connectivity index (χ3n) is 4.72.